The number of ether oxygens (including phenoxy) is 1. The van der Waals surface area contributed by atoms with Gasteiger partial charge in [-0.15, -0.1) is 21.5 Å². The van der Waals surface area contributed by atoms with Gasteiger partial charge in [0.05, 0.1) is 16.1 Å². The van der Waals surface area contributed by atoms with Crippen LogP contribution in [-0.4, -0.2) is 31.8 Å². The Labute approximate surface area is 207 Å². The number of rotatable bonds is 6. The molecule has 36 heavy (non-hydrogen) atoms. The number of hydrogen-bond acceptors (Lipinski definition) is 6. The number of carbonyl (C=O) groups excluding carboxylic acids is 1. The average molecular weight is 510 g/mol. The zero-order valence-corrected chi connectivity index (χ0v) is 19.5. The van der Waals surface area contributed by atoms with Crippen molar-refractivity contribution >= 4 is 28.6 Å². The summed E-state index contributed by atoms with van der Waals surface area (Å²) in [4.78, 5) is 13.6. The van der Waals surface area contributed by atoms with E-state index in [4.69, 9.17) is 4.74 Å². The van der Waals surface area contributed by atoms with E-state index in [9.17, 15) is 18.0 Å². The second-order valence-electron chi connectivity index (χ2n) is 7.85. The number of amides is 1. The Bertz CT molecular complexity index is 1530. The van der Waals surface area contributed by atoms with Gasteiger partial charge in [0.2, 0.25) is 0 Å². The highest BCUT2D eigenvalue weighted by atomic mass is 32.1. The van der Waals surface area contributed by atoms with Crippen molar-refractivity contribution in [3.05, 3.63) is 83.7 Å². The van der Waals surface area contributed by atoms with E-state index in [1.54, 1.807) is 22.7 Å². The van der Waals surface area contributed by atoms with Gasteiger partial charge in [-0.05, 0) is 60.8 Å². The zero-order chi connectivity index (χ0) is 25.3. The predicted octanol–water partition coefficient (Wildman–Crippen LogP) is 5.94. The maximum atomic E-state index is 12.9. The van der Waals surface area contributed by atoms with Crippen molar-refractivity contribution in [2.45, 2.75) is 19.2 Å². The lowest BCUT2D eigenvalue weighted by Crippen LogP contribution is -2.30. The topological polar surface area (TPSA) is 81.4 Å². The molecule has 0 aliphatic heterocycles. The van der Waals surface area contributed by atoms with Crippen molar-refractivity contribution in [3.63, 3.8) is 0 Å². The second-order valence-corrected chi connectivity index (χ2v) is 8.79. The molecule has 5 aromatic rings. The number of thiophene rings is 1. The van der Waals surface area contributed by atoms with Crippen molar-refractivity contribution in [2.75, 3.05) is 5.32 Å². The number of alkyl halides is 3. The lowest BCUT2D eigenvalue weighted by Gasteiger charge is -2.16. The van der Waals surface area contributed by atoms with E-state index in [1.165, 1.54) is 30.4 Å². The van der Waals surface area contributed by atoms with E-state index in [-0.39, 0.29) is 5.75 Å². The number of halogens is 3. The Morgan fingerprint density at radius 1 is 1.03 bits per heavy atom. The molecule has 3 aromatic heterocycles. The highest BCUT2D eigenvalue weighted by molar-refractivity contribution is 7.13. The summed E-state index contributed by atoms with van der Waals surface area (Å²) in [6.45, 7) is 1.47. The van der Waals surface area contributed by atoms with Gasteiger partial charge in [0.15, 0.2) is 17.6 Å². The largest absolute Gasteiger partial charge is 0.481 e. The van der Waals surface area contributed by atoms with Crippen molar-refractivity contribution in [2.24, 2.45) is 0 Å². The van der Waals surface area contributed by atoms with Crippen LogP contribution < -0.4 is 10.1 Å². The van der Waals surface area contributed by atoms with Crippen LogP contribution in [0, 0.1) is 0 Å². The van der Waals surface area contributed by atoms with Crippen molar-refractivity contribution in [1.82, 2.24) is 19.8 Å². The van der Waals surface area contributed by atoms with Gasteiger partial charge in [-0.2, -0.15) is 22.8 Å². The molecule has 7 nitrogen and oxygen atoms in total. The number of carbonyl (C=O) groups is 1. The molecule has 0 saturated carbocycles. The summed E-state index contributed by atoms with van der Waals surface area (Å²) >= 11 is 1.53. The molecule has 1 unspecified atom stereocenters. The van der Waals surface area contributed by atoms with E-state index in [2.05, 4.69) is 20.6 Å². The molecule has 0 aliphatic carbocycles. The van der Waals surface area contributed by atoms with Crippen LogP contribution in [0.1, 0.15) is 12.5 Å². The minimum absolute atomic E-state index is 0.0470. The molecule has 0 radical (unpaired) electrons. The molecule has 0 aliphatic rings. The van der Waals surface area contributed by atoms with E-state index in [1.807, 2.05) is 35.7 Å². The lowest BCUT2D eigenvalue weighted by molar-refractivity contribution is -0.137. The summed E-state index contributed by atoms with van der Waals surface area (Å²) in [7, 11) is 0. The van der Waals surface area contributed by atoms with Gasteiger partial charge in [0.25, 0.3) is 5.91 Å². The smallest absolute Gasteiger partial charge is 0.416 e. The Kier molecular flexibility index (Phi) is 6.15. The summed E-state index contributed by atoms with van der Waals surface area (Å²) in [5, 5.41) is 17.7. The van der Waals surface area contributed by atoms with Gasteiger partial charge >= 0.3 is 6.18 Å². The summed E-state index contributed by atoms with van der Waals surface area (Å²) < 4.78 is 45.9. The maximum Gasteiger partial charge on any atom is 0.416 e. The van der Waals surface area contributed by atoms with Gasteiger partial charge in [-0.3, -0.25) is 4.79 Å². The van der Waals surface area contributed by atoms with E-state index >= 15 is 0 Å². The fourth-order valence-electron chi connectivity index (χ4n) is 3.51. The third-order valence-electron chi connectivity index (χ3n) is 5.27. The van der Waals surface area contributed by atoms with Crippen LogP contribution in [0.2, 0.25) is 0 Å². The quantitative estimate of drug-likeness (QED) is 0.306. The Balaban J connectivity index is 1.33. The number of hydrogen-bond donors (Lipinski definition) is 1. The van der Waals surface area contributed by atoms with Crippen molar-refractivity contribution in [3.8, 4) is 27.7 Å². The molecule has 0 saturated heterocycles. The number of fused-ring (bicyclic) bond motifs is 1. The van der Waals surface area contributed by atoms with Crippen LogP contribution in [-0.2, 0) is 11.0 Å². The maximum absolute atomic E-state index is 12.9. The van der Waals surface area contributed by atoms with Crippen LogP contribution in [0.5, 0.6) is 5.75 Å². The first kappa shape index (κ1) is 23.5. The van der Waals surface area contributed by atoms with E-state index in [0.29, 0.717) is 22.9 Å². The van der Waals surface area contributed by atoms with Crippen LogP contribution in [0.15, 0.2) is 78.2 Å². The molecule has 1 amide bonds. The molecular formula is C25H18F3N5O2S. The molecule has 11 heteroatoms. The Morgan fingerprint density at radius 3 is 2.64 bits per heavy atom. The minimum Gasteiger partial charge on any atom is -0.481 e. The highest BCUT2D eigenvalue weighted by Crippen LogP contribution is 2.31. The number of nitrogens with one attached hydrogen (secondary N) is 1. The second kappa shape index (κ2) is 9.42. The first-order valence-corrected chi connectivity index (χ1v) is 11.7. The van der Waals surface area contributed by atoms with Crippen LogP contribution >= 0.6 is 11.3 Å². The van der Waals surface area contributed by atoms with Gasteiger partial charge in [-0.1, -0.05) is 24.3 Å². The number of anilines is 1. The van der Waals surface area contributed by atoms with E-state index < -0.39 is 23.8 Å². The molecular weight excluding hydrogens is 491 g/mol. The summed E-state index contributed by atoms with van der Waals surface area (Å²) in [5.74, 6) is 0.0767. The molecule has 3 heterocycles. The summed E-state index contributed by atoms with van der Waals surface area (Å²) in [5.41, 5.74) is 1.63. The number of nitrogens with zero attached hydrogens (tertiary/aromatic N) is 4. The molecule has 1 atom stereocenters. The first-order chi connectivity index (χ1) is 17.3. The lowest BCUT2D eigenvalue weighted by atomic mass is 10.1. The molecule has 1 N–H and O–H groups in total. The van der Waals surface area contributed by atoms with Gasteiger partial charge in [-0.25, -0.2) is 0 Å². The SMILES string of the molecule is CC(Oc1cccc(C(F)(F)F)c1)C(=O)Nc1cccc(-c2ccc3nnc(-c4cccs4)n3n2)c1. The molecule has 0 bridgehead atoms. The monoisotopic (exact) mass is 509 g/mol. The van der Waals surface area contributed by atoms with Crippen molar-refractivity contribution in [1.29, 1.82) is 0 Å². The fraction of sp³-hybridized carbons (Fsp3) is 0.120. The van der Waals surface area contributed by atoms with Crippen LogP contribution in [0.4, 0.5) is 18.9 Å². The number of aromatic nitrogens is 4. The molecule has 0 fully saturated rings. The summed E-state index contributed by atoms with van der Waals surface area (Å²) in [6, 6.07) is 19.0. The third-order valence-corrected chi connectivity index (χ3v) is 6.14. The average Bonchev–Trinajstić information content (AvgIpc) is 3.53. The van der Waals surface area contributed by atoms with Crippen molar-refractivity contribution < 1.29 is 22.7 Å². The third kappa shape index (κ3) is 4.91. The number of benzene rings is 2. The predicted molar refractivity (Wildman–Crippen MR) is 130 cm³/mol. The fourth-order valence-corrected chi connectivity index (χ4v) is 4.20. The summed E-state index contributed by atoms with van der Waals surface area (Å²) in [6.07, 6.45) is -5.53. The molecule has 182 valence electrons. The molecule has 5 rings (SSSR count). The first-order valence-electron chi connectivity index (χ1n) is 10.8. The van der Waals surface area contributed by atoms with Gasteiger partial charge in [0.1, 0.15) is 5.75 Å². The molecule has 0 spiro atoms. The minimum atomic E-state index is -4.50. The van der Waals surface area contributed by atoms with Gasteiger partial charge in [0, 0.05) is 11.3 Å². The highest BCUT2D eigenvalue weighted by Gasteiger charge is 2.31. The Hall–Kier alpha value is -4.25. The van der Waals surface area contributed by atoms with E-state index in [0.717, 1.165) is 22.6 Å². The standard InChI is InChI=1S/C25H18F3N5O2S/c1-15(35-19-8-3-6-17(14-19)25(26,27)28)24(34)29-18-7-2-5-16(13-18)20-10-11-22-30-31-23(33(22)32-20)21-9-4-12-36-21/h2-15H,1H3,(H,29,34). The zero-order valence-electron chi connectivity index (χ0n) is 18.7. The van der Waals surface area contributed by atoms with Gasteiger partial charge < -0.3 is 10.1 Å². The normalized spacial score (nSPS) is 12.4. The van der Waals surface area contributed by atoms with Crippen LogP contribution in [0.3, 0.4) is 0 Å². The Morgan fingerprint density at radius 2 is 1.86 bits per heavy atom. The van der Waals surface area contributed by atoms with Crippen LogP contribution in [0.25, 0.3) is 27.6 Å². The molecule has 2 aromatic carbocycles.